The molecular weight excluding hydrogens is 296 g/mol. The van der Waals surface area contributed by atoms with Gasteiger partial charge in [0.15, 0.2) is 0 Å². The van der Waals surface area contributed by atoms with Crippen LogP contribution in [-0.2, 0) is 16.0 Å². The molecule has 1 saturated heterocycles. The molecule has 6 nitrogen and oxygen atoms in total. The number of ether oxygens (including phenoxy) is 3. The van der Waals surface area contributed by atoms with Crippen LogP contribution in [0.25, 0.3) is 0 Å². The minimum Gasteiger partial charge on any atom is -0.492 e. The van der Waals surface area contributed by atoms with Crippen LogP contribution in [0, 0.1) is 0 Å². The molecule has 1 fully saturated rings. The second-order valence-corrected chi connectivity index (χ2v) is 5.97. The number of morpholine rings is 1. The number of nitrogens with one attached hydrogen (secondary N) is 2. The van der Waals surface area contributed by atoms with Crippen LogP contribution in [-0.4, -0.2) is 44.4 Å². The van der Waals surface area contributed by atoms with Gasteiger partial charge in [0.2, 0.25) is 5.91 Å². The lowest BCUT2D eigenvalue weighted by Gasteiger charge is -2.23. The van der Waals surface area contributed by atoms with Gasteiger partial charge >= 0.3 is 0 Å². The Morgan fingerprint density at radius 3 is 3.09 bits per heavy atom. The van der Waals surface area contributed by atoms with E-state index >= 15 is 0 Å². The van der Waals surface area contributed by atoms with E-state index in [9.17, 15) is 4.79 Å². The quantitative estimate of drug-likeness (QED) is 0.865. The molecule has 2 aliphatic heterocycles. The maximum atomic E-state index is 12.3. The minimum atomic E-state index is -0.0787. The normalized spacial score (nSPS) is 23.0. The van der Waals surface area contributed by atoms with Gasteiger partial charge in [-0.25, -0.2) is 0 Å². The zero-order chi connectivity index (χ0) is 16.2. The van der Waals surface area contributed by atoms with Gasteiger partial charge in [-0.15, -0.1) is 0 Å². The smallest absolute Gasteiger partial charge is 0.227 e. The van der Waals surface area contributed by atoms with E-state index in [2.05, 4.69) is 10.6 Å². The summed E-state index contributed by atoms with van der Waals surface area (Å²) in [5.74, 6) is 1.44. The van der Waals surface area contributed by atoms with Gasteiger partial charge in [0.05, 0.1) is 31.4 Å². The molecule has 0 bridgehead atoms. The van der Waals surface area contributed by atoms with Gasteiger partial charge in [-0.3, -0.25) is 4.79 Å². The lowest BCUT2D eigenvalue weighted by molar-refractivity contribution is -0.119. The molecule has 1 aromatic rings. The molecule has 2 unspecified atom stereocenters. The first-order chi connectivity index (χ1) is 11.2. The van der Waals surface area contributed by atoms with Gasteiger partial charge in [0.1, 0.15) is 17.6 Å². The first-order valence-corrected chi connectivity index (χ1v) is 8.24. The fraction of sp³-hybridized carbons (Fsp3) is 0.588. The van der Waals surface area contributed by atoms with E-state index in [0.29, 0.717) is 37.6 Å². The van der Waals surface area contributed by atoms with Crippen molar-refractivity contribution in [3.05, 3.63) is 17.7 Å². The number of hydrogen-bond donors (Lipinski definition) is 2. The zero-order valence-electron chi connectivity index (χ0n) is 13.7. The highest BCUT2D eigenvalue weighted by atomic mass is 16.5. The second-order valence-electron chi connectivity index (χ2n) is 5.97. The third-order valence-electron chi connectivity index (χ3n) is 3.99. The van der Waals surface area contributed by atoms with E-state index in [-0.39, 0.29) is 18.1 Å². The molecule has 3 rings (SSSR count). The zero-order valence-corrected chi connectivity index (χ0v) is 13.7. The molecule has 0 aliphatic carbocycles. The average molecular weight is 320 g/mol. The topological polar surface area (TPSA) is 68.8 Å². The van der Waals surface area contributed by atoms with Crippen LogP contribution in [0.2, 0.25) is 0 Å². The largest absolute Gasteiger partial charge is 0.492 e. The van der Waals surface area contributed by atoms with Crippen molar-refractivity contribution < 1.29 is 19.0 Å². The molecule has 2 aliphatic rings. The van der Waals surface area contributed by atoms with Gasteiger partial charge in [-0.05, 0) is 19.9 Å². The molecule has 0 spiro atoms. The highest BCUT2D eigenvalue weighted by Crippen LogP contribution is 2.38. The molecular formula is C17H24N2O4. The third-order valence-corrected chi connectivity index (χ3v) is 3.99. The van der Waals surface area contributed by atoms with Crippen molar-refractivity contribution in [2.24, 2.45) is 0 Å². The molecule has 126 valence electrons. The highest BCUT2D eigenvalue weighted by Gasteiger charge is 2.23. The molecule has 2 heterocycles. The number of benzene rings is 1. The number of anilines is 1. The van der Waals surface area contributed by atoms with Crippen molar-refractivity contribution in [3.8, 4) is 11.5 Å². The van der Waals surface area contributed by atoms with E-state index < -0.39 is 0 Å². The molecule has 23 heavy (non-hydrogen) atoms. The van der Waals surface area contributed by atoms with Crippen molar-refractivity contribution in [1.29, 1.82) is 0 Å². The van der Waals surface area contributed by atoms with Crippen LogP contribution in [0.4, 0.5) is 5.69 Å². The van der Waals surface area contributed by atoms with Crippen molar-refractivity contribution in [2.75, 3.05) is 31.6 Å². The maximum absolute atomic E-state index is 12.3. The summed E-state index contributed by atoms with van der Waals surface area (Å²) in [6.45, 7) is 6.70. The van der Waals surface area contributed by atoms with Crippen molar-refractivity contribution >= 4 is 11.6 Å². The van der Waals surface area contributed by atoms with E-state index in [4.69, 9.17) is 14.2 Å². The predicted molar refractivity (Wildman–Crippen MR) is 87.3 cm³/mol. The van der Waals surface area contributed by atoms with Gasteiger partial charge in [-0.1, -0.05) is 0 Å². The van der Waals surface area contributed by atoms with Gasteiger partial charge in [0, 0.05) is 31.1 Å². The van der Waals surface area contributed by atoms with Crippen LogP contribution in [0.3, 0.4) is 0 Å². The Morgan fingerprint density at radius 2 is 2.35 bits per heavy atom. The van der Waals surface area contributed by atoms with Crippen molar-refractivity contribution in [3.63, 3.8) is 0 Å². The summed E-state index contributed by atoms with van der Waals surface area (Å²) < 4.78 is 17.0. The number of hydrogen-bond acceptors (Lipinski definition) is 5. The predicted octanol–water partition coefficient (Wildman–Crippen LogP) is 1.73. The molecule has 1 aromatic carbocycles. The SMILES string of the molecule is CCOc1cc2c(cc1NC(=O)CC1CNCCO1)OC(C)C2. The van der Waals surface area contributed by atoms with Gasteiger partial charge in [-0.2, -0.15) is 0 Å². The first kappa shape index (κ1) is 16.1. The highest BCUT2D eigenvalue weighted by molar-refractivity contribution is 5.93. The second kappa shape index (κ2) is 7.19. The minimum absolute atomic E-state index is 0.0781. The van der Waals surface area contributed by atoms with Crippen LogP contribution in [0.5, 0.6) is 11.5 Å². The lowest BCUT2D eigenvalue weighted by Crippen LogP contribution is -2.40. The Balaban J connectivity index is 1.70. The van der Waals surface area contributed by atoms with Crippen LogP contribution in [0.15, 0.2) is 12.1 Å². The first-order valence-electron chi connectivity index (χ1n) is 8.24. The van der Waals surface area contributed by atoms with E-state index in [1.807, 2.05) is 26.0 Å². The molecule has 0 saturated carbocycles. The lowest BCUT2D eigenvalue weighted by atomic mass is 10.1. The van der Waals surface area contributed by atoms with E-state index in [0.717, 1.165) is 24.3 Å². The summed E-state index contributed by atoms with van der Waals surface area (Å²) in [5.41, 5.74) is 1.78. The Kier molecular flexibility index (Phi) is 5.03. The summed E-state index contributed by atoms with van der Waals surface area (Å²) in [6, 6.07) is 3.83. The number of fused-ring (bicyclic) bond motifs is 1. The standard InChI is InChI=1S/C17H24N2O4/c1-3-21-16-7-12-6-11(2)23-15(12)9-14(16)19-17(20)8-13-10-18-4-5-22-13/h7,9,11,13,18H,3-6,8,10H2,1-2H3,(H,19,20). The van der Waals surface area contributed by atoms with Crippen LogP contribution in [0.1, 0.15) is 25.8 Å². The Morgan fingerprint density at radius 1 is 1.48 bits per heavy atom. The van der Waals surface area contributed by atoms with Crippen LogP contribution >= 0.6 is 0 Å². The Bertz CT molecular complexity index is 570. The maximum Gasteiger partial charge on any atom is 0.227 e. The molecule has 1 amide bonds. The molecule has 2 N–H and O–H groups in total. The molecule has 0 radical (unpaired) electrons. The molecule has 0 aromatic heterocycles. The average Bonchev–Trinajstić information content (AvgIpc) is 2.88. The monoisotopic (exact) mass is 320 g/mol. The summed E-state index contributed by atoms with van der Waals surface area (Å²) in [4.78, 5) is 12.3. The third kappa shape index (κ3) is 3.95. The fourth-order valence-corrected chi connectivity index (χ4v) is 2.97. The summed E-state index contributed by atoms with van der Waals surface area (Å²) in [6.07, 6.45) is 1.27. The van der Waals surface area contributed by atoms with Gasteiger partial charge < -0.3 is 24.8 Å². The van der Waals surface area contributed by atoms with E-state index in [1.165, 1.54) is 0 Å². The van der Waals surface area contributed by atoms with Crippen molar-refractivity contribution in [2.45, 2.75) is 38.9 Å². The number of carbonyl (C=O) groups excluding carboxylic acids is 1. The fourth-order valence-electron chi connectivity index (χ4n) is 2.97. The molecule has 2 atom stereocenters. The summed E-state index contributed by atoms with van der Waals surface area (Å²) in [7, 11) is 0. The van der Waals surface area contributed by atoms with E-state index in [1.54, 1.807) is 0 Å². The summed E-state index contributed by atoms with van der Waals surface area (Å²) in [5, 5.41) is 6.16. The molecule has 6 heteroatoms. The number of rotatable bonds is 5. The van der Waals surface area contributed by atoms with Crippen LogP contribution < -0.4 is 20.1 Å². The Hall–Kier alpha value is -1.79. The Labute approximate surface area is 136 Å². The van der Waals surface area contributed by atoms with Crippen molar-refractivity contribution in [1.82, 2.24) is 5.32 Å². The number of amides is 1. The summed E-state index contributed by atoms with van der Waals surface area (Å²) >= 11 is 0. The number of carbonyl (C=O) groups is 1. The van der Waals surface area contributed by atoms with Gasteiger partial charge in [0.25, 0.3) is 0 Å².